The van der Waals surface area contributed by atoms with Crippen LogP contribution in [0.25, 0.3) is 11.3 Å². The first-order chi connectivity index (χ1) is 10.6. The second-order valence-corrected chi connectivity index (χ2v) is 6.94. The van der Waals surface area contributed by atoms with Gasteiger partial charge in [-0.25, -0.2) is 0 Å². The molecule has 1 aliphatic heterocycles. The Morgan fingerprint density at radius 3 is 2.68 bits per heavy atom. The Hall–Kier alpha value is -1.29. The van der Waals surface area contributed by atoms with Crippen LogP contribution in [0.1, 0.15) is 31.4 Å². The van der Waals surface area contributed by atoms with Gasteiger partial charge in [0.1, 0.15) is 11.5 Å². The quantitative estimate of drug-likeness (QED) is 0.922. The highest BCUT2D eigenvalue weighted by Gasteiger charge is 2.51. The fraction of sp³-hybridized carbons (Fsp3) is 0.444. The minimum Gasteiger partial charge on any atom is -0.460 e. The molecular weight excluding hydrogens is 298 g/mol. The molecule has 0 radical (unpaired) electrons. The van der Waals surface area contributed by atoms with E-state index in [1.165, 1.54) is 0 Å². The number of hydrogen-bond donors (Lipinski definition) is 1. The van der Waals surface area contributed by atoms with Gasteiger partial charge in [0.25, 0.3) is 0 Å². The van der Waals surface area contributed by atoms with Crippen LogP contribution in [0, 0.1) is 0 Å². The third-order valence-electron chi connectivity index (χ3n) is 4.90. The van der Waals surface area contributed by atoms with Crippen molar-refractivity contribution in [1.29, 1.82) is 0 Å². The summed E-state index contributed by atoms with van der Waals surface area (Å²) < 4.78 is 5.99. The van der Waals surface area contributed by atoms with Crippen molar-refractivity contribution in [2.75, 3.05) is 6.54 Å². The average Bonchev–Trinajstić information content (AvgIpc) is 2.94. The van der Waals surface area contributed by atoms with Crippen LogP contribution >= 0.6 is 11.6 Å². The van der Waals surface area contributed by atoms with Crippen LogP contribution in [0.5, 0.6) is 0 Å². The molecule has 4 heteroatoms. The van der Waals surface area contributed by atoms with Gasteiger partial charge in [-0.05, 0) is 68.6 Å². The molecule has 3 nitrogen and oxygen atoms in total. The minimum absolute atomic E-state index is 0.302. The standard InChI is InChI=1S/C18H20ClNO2/c19-14-5-3-13(4-6-14)16-8-7-15(22-16)12-20-11-1-2-17(20)18(21)9-10-18/h3-8,17,21H,1-2,9-12H2. The molecule has 22 heavy (non-hydrogen) atoms. The van der Waals surface area contributed by atoms with E-state index in [2.05, 4.69) is 4.90 Å². The largest absolute Gasteiger partial charge is 0.460 e. The van der Waals surface area contributed by atoms with Gasteiger partial charge in [0, 0.05) is 16.6 Å². The number of aliphatic hydroxyl groups is 1. The molecule has 1 unspecified atom stereocenters. The van der Waals surface area contributed by atoms with E-state index in [1.807, 2.05) is 36.4 Å². The number of likely N-dealkylation sites (tertiary alicyclic amines) is 1. The van der Waals surface area contributed by atoms with Crippen LogP contribution in [-0.2, 0) is 6.54 Å². The lowest BCUT2D eigenvalue weighted by atomic mass is 10.1. The normalized spacial score (nSPS) is 23.8. The second-order valence-electron chi connectivity index (χ2n) is 6.50. The van der Waals surface area contributed by atoms with Gasteiger partial charge in [-0.2, -0.15) is 0 Å². The lowest BCUT2D eigenvalue weighted by Crippen LogP contribution is -2.40. The molecule has 1 saturated heterocycles. The highest BCUT2D eigenvalue weighted by molar-refractivity contribution is 6.30. The van der Waals surface area contributed by atoms with E-state index in [-0.39, 0.29) is 0 Å². The Kier molecular flexibility index (Phi) is 3.52. The summed E-state index contributed by atoms with van der Waals surface area (Å²) in [7, 11) is 0. The predicted octanol–water partition coefficient (Wildman–Crippen LogP) is 4.09. The molecule has 2 aromatic rings. The summed E-state index contributed by atoms with van der Waals surface area (Å²) in [5.41, 5.74) is 0.608. The molecule has 2 heterocycles. The van der Waals surface area contributed by atoms with Gasteiger partial charge in [-0.1, -0.05) is 11.6 Å². The average molecular weight is 318 g/mol. The highest BCUT2D eigenvalue weighted by Crippen LogP contribution is 2.45. The summed E-state index contributed by atoms with van der Waals surface area (Å²) in [5, 5.41) is 11.1. The number of furan rings is 1. The minimum atomic E-state index is -0.428. The van der Waals surface area contributed by atoms with E-state index in [0.717, 1.165) is 60.9 Å². The van der Waals surface area contributed by atoms with Crippen molar-refractivity contribution in [3.05, 3.63) is 47.2 Å². The molecule has 0 bridgehead atoms. The Balaban J connectivity index is 1.49. The Morgan fingerprint density at radius 1 is 1.18 bits per heavy atom. The highest BCUT2D eigenvalue weighted by atomic mass is 35.5. The van der Waals surface area contributed by atoms with Crippen molar-refractivity contribution in [1.82, 2.24) is 4.90 Å². The maximum Gasteiger partial charge on any atom is 0.134 e. The molecule has 116 valence electrons. The van der Waals surface area contributed by atoms with Crippen molar-refractivity contribution in [2.45, 2.75) is 43.9 Å². The monoisotopic (exact) mass is 317 g/mol. The Labute approximate surface area is 135 Å². The second kappa shape index (κ2) is 5.41. The summed E-state index contributed by atoms with van der Waals surface area (Å²) in [6, 6.07) is 12.0. The fourth-order valence-electron chi connectivity index (χ4n) is 3.52. The van der Waals surface area contributed by atoms with Crippen molar-refractivity contribution >= 4 is 11.6 Å². The summed E-state index contributed by atoms with van der Waals surface area (Å²) in [4.78, 5) is 2.37. The molecular formula is C18H20ClNO2. The molecule has 0 spiro atoms. The van der Waals surface area contributed by atoms with Gasteiger partial charge < -0.3 is 9.52 Å². The zero-order valence-corrected chi connectivity index (χ0v) is 13.2. The van der Waals surface area contributed by atoms with Gasteiger partial charge in [0.05, 0.1) is 12.1 Å². The van der Waals surface area contributed by atoms with E-state index < -0.39 is 5.60 Å². The van der Waals surface area contributed by atoms with Crippen molar-refractivity contribution in [2.24, 2.45) is 0 Å². The molecule has 2 fully saturated rings. The molecule has 1 saturated carbocycles. The topological polar surface area (TPSA) is 36.6 Å². The van der Waals surface area contributed by atoms with E-state index in [4.69, 9.17) is 16.0 Å². The molecule has 2 aliphatic rings. The molecule has 1 atom stereocenters. The van der Waals surface area contributed by atoms with Crippen LogP contribution in [-0.4, -0.2) is 28.2 Å². The Morgan fingerprint density at radius 2 is 1.95 bits per heavy atom. The van der Waals surface area contributed by atoms with Crippen LogP contribution in [0.3, 0.4) is 0 Å². The third kappa shape index (κ3) is 2.69. The van der Waals surface area contributed by atoms with Gasteiger partial charge >= 0.3 is 0 Å². The van der Waals surface area contributed by atoms with Gasteiger partial charge in [0.15, 0.2) is 0 Å². The van der Waals surface area contributed by atoms with Crippen LogP contribution in [0.2, 0.25) is 5.02 Å². The van der Waals surface area contributed by atoms with Gasteiger partial charge in [-0.3, -0.25) is 4.90 Å². The first kappa shape index (κ1) is 14.3. The summed E-state index contributed by atoms with van der Waals surface area (Å²) in [5.74, 6) is 1.83. The smallest absolute Gasteiger partial charge is 0.134 e. The van der Waals surface area contributed by atoms with E-state index in [1.54, 1.807) is 0 Å². The maximum atomic E-state index is 10.4. The van der Waals surface area contributed by atoms with Crippen LogP contribution in [0.15, 0.2) is 40.8 Å². The number of halogens is 1. The number of rotatable bonds is 4. The fourth-order valence-corrected chi connectivity index (χ4v) is 3.64. The number of benzene rings is 1. The van der Waals surface area contributed by atoms with Gasteiger partial charge in [0.2, 0.25) is 0 Å². The van der Waals surface area contributed by atoms with E-state index >= 15 is 0 Å². The molecule has 4 rings (SSSR count). The first-order valence-corrected chi connectivity index (χ1v) is 8.33. The predicted molar refractivity (Wildman–Crippen MR) is 86.8 cm³/mol. The lowest BCUT2D eigenvalue weighted by Gasteiger charge is -2.27. The molecule has 1 aliphatic carbocycles. The van der Waals surface area contributed by atoms with E-state index in [0.29, 0.717) is 6.04 Å². The van der Waals surface area contributed by atoms with Crippen molar-refractivity contribution < 1.29 is 9.52 Å². The zero-order valence-electron chi connectivity index (χ0n) is 12.5. The SMILES string of the molecule is OC1(C2CCCN2Cc2ccc(-c3ccc(Cl)cc3)o2)CC1. The first-order valence-electron chi connectivity index (χ1n) is 7.95. The number of hydrogen-bond acceptors (Lipinski definition) is 3. The van der Waals surface area contributed by atoms with Crippen molar-refractivity contribution in [3.8, 4) is 11.3 Å². The Bertz CT molecular complexity index is 660. The summed E-state index contributed by atoms with van der Waals surface area (Å²) >= 11 is 5.92. The lowest BCUT2D eigenvalue weighted by molar-refractivity contribution is 0.0454. The van der Waals surface area contributed by atoms with Crippen LogP contribution in [0.4, 0.5) is 0 Å². The van der Waals surface area contributed by atoms with Crippen LogP contribution < -0.4 is 0 Å². The number of nitrogens with zero attached hydrogens (tertiary/aromatic N) is 1. The van der Waals surface area contributed by atoms with Gasteiger partial charge in [-0.15, -0.1) is 0 Å². The summed E-state index contributed by atoms with van der Waals surface area (Å²) in [6.45, 7) is 1.82. The molecule has 0 amide bonds. The van der Waals surface area contributed by atoms with Crippen molar-refractivity contribution in [3.63, 3.8) is 0 Å². The molecule has 1 aromatic heterocycles. The summed E-state index contributed by atoms with van der Waals surface area (Å²) in [6.07, 6.45) is 4.16. The molecule has 1 aromatic carbocycles. The maximum absolute atomic E-state index is 10.4. The molecule has 1 N–H and O–H groups in total. The zero-order chi connectivity index (χ0) is 15.2. The van der Waals surface area contributed by atoms with E-state index in [9.17, 15) is 5.11 Å². The third-order valence-corrected chi connectivity index (χ3v) is 5.15.